The van der Waals surface area contributed by atoms with E-state index in [1.165, 1.54) is 5.56 Å². The summed E-state index contributed by atoms with van der Waals surface area (Å²) in [5.74, 6) is -0.0192. The van der Waals surface area contributed by atoms with Crippen LogP contribution in [-0.4, -0.2) is 15.2 Å². The molecule has 3 nitrogen and oxygen atoms in total. The van der Waals surface area contributed by atoms with E-state index in [0.29, 0.717) is 11.3 Å². The minimum atomic E-state index is -0.0192. The number of pyridine rings is 1. The van der Waals surface area contributed by atoms with Crippen molar-refractivity contribution < 1.29 is 4.79 Å². The van der Waals surface area contributed by atoms with E-state index in [2.05, 4.69) is 0 Å². The van der Waals surface area contributed by atoms with Crippen LogP contribution >= 0.6 is 0 Å². The first-order chi connectivity index (χ1) is 12.1. The zero-order valence-electron chi connectivity index (χ0n) is 14.2. The lowest BCUT2D eigenvalue weighted by atomic mass is 10.0. The van der Waals surface area contributed by atoms with Crippen LogP contribution in [0.5, 0.6) is 0 Å². The predicted molar refractivity (Wildman–Crippen MR) is 100.0 cm³/mol. The fourth-order valence-electron chi connectivity index (χ4n) is 2.97. The third kappa shape index (κ3) is 2.74. The molecule has 0 bridgehead atoms. The number of hydrogen-bond donors (Lipinski definition) is 0. The molecule has 0 saturated carbocycles. The topological polar surface area (TPSA) is 34.4 Å². The molecule has 2 aromatic carbocycles. The maximum atomic E-state index is 13.2. The van der Waals surface area contributed by atoms with E-state index >= 15 is 0 Å². The number of rotatable bonds is 3. The first kappa shape index (κ1) is 15.3. The fourth-order valence-corrected chi connectivity index (χ4v) is 2.97. The van der Waals surface area contributed by atoms with Gasteiger partial charge in [-0.3, -0.25) is 9.20 Å². The van der Waals surface area contributed by atoms with E-state index in [1.807, 2.05) is 91.2 Å². The van der Waals surface area contributed by atoms with Gasteiger partial charge in [-0.2, -0.15) is 0 Å². The maximum Gasteiger partial charge on any atom is 0.212 e. The van der Waals surface area contributed by atoms with E-state index in [0.717, 1.165) is 22.5 Å². The number of aromatic nitrogens is 2. The Morgan fingerprint density at radius 2 is 1.48 bits per heavy atom. The van der Waals surface area contributed by atoms with Gasteiger partial charge in [0.05, 0.1) is 0 Å². The summed E-state index contributed by atoms with van der Waals surface area (Å²) in [6.07, 6.45) is 1.89. The fraction of sp³-hybridized carbons (Fsp3) is 0.0909. The van der Waals surface area contributed by atoms with Gasteiger partial charge in [-0.25, -0.2) is 4.98 Å². The van der Waals surface area contributed by atoms with E-state index in [4.69, 9.17) is 4.98 Å². The van der Waals surface area contributed by atoms with Gasteiger partial charge in [-0.05, 0) is 26.0 Å². The van der Waals surface area contributed by atoms with Crippen LogP contribution in [0.15, 0.2) is 72.9 Å². The van der Waals surface area contributed by atoms with Crippen molar-refractivity contribution in [3.8, 4) is 11.3 Å². The van der Waals surface area contributed by atoms with Crippen molar-refractivity contribution in [2.45, 2.75) is 13.8 Å². The molecule has 0 unspecified atom stereocenters. The number of nitrogens with zero attached hydrogens (tertiary/aromatic N) is 2. The summed E-state index contributed by atoms with van der Waals surface area (Å²) in [5.41, 5.74) is 6.02. The van der Waals surface area contributed by atoms with Gasteiger partial charge in [0.1, 0.15) is 17.0 Å². The first-order valence-electron chi connectivity index (χ1n) is 8.29. The van der Waals surface area contributed by atoms with E-state index in [-0.39, 0.29) is 5.78 Å². The molecule has 3 heteroatoms. The second-order valence-corrected chi connectivity index (χ2v) is 6.30. The number of benzene rings is 2. The lowest BCUT2D eigenvalue weighted by molar-refractivity contribution is 0.103. The van der Waals surface area contributed by atoms with Crippen molar-refractivity contribution in [3.05, 3.63) is 95.3 Å². The van der Waals surface area contributed by atoms with Crippen molar-refractivity contribution in [3.63, 3.8) is 0 Å². The lowest BCUT2D eigenvalue weighted by Gasteiger charge is -2.06. The van der Waals surface area contributed by atoms with Crippen molar-refractivity contribution in [1.29, 1.82) is 0 Å². The second-order valence-electron chi connectivity index (χ2n) is 6.30. The second kappa shape index (κ2) is 6.02. The molecule has 2 aromatic heterocycles. The molecule has 0 radical (unpaired) electrons. The number of carbonyl (C=O) groups excluding carboxylic acids is 1. The van der Waals surface area contributed by atoms with E-state index < -0.39 is 0 Å². The number of fused-ring (bicyclic) bond motifs is 1. The van der Waals surface area contributed by atoms with Gasteiger partial charge in [0.15, 0.2) is 0 Å². The molecule has 25 heavy (non-hydrogen) atoms. The van der Waals surface area contributed by atoms with Gasteiger partial charge < -0.3 is 0 Å². The molecule has 0 aliphatic rings. The highest BCUT2D eigenvalue weighted by atomic mass is 16.1. The molecule has 0 atom stereocenters. The maximum absolute atomic E-state index is 13.2. The molecule has 0 N–H and O–H groups in total. The van der Waals surface area contributed by atoms with Gasteiger partial charge in [0.25, 0.3) is 0 Å². The molecule has 0 spiro atoms. The van der Waals surface area contributed by atoms with Gasteiger partial charge in [-0.1, -0.05) is 65.7 Å². The number of hydrogen-bond acceptors (Lipinski definition) is 2. The summed E-state index contributed by atoms with van der Waals surface area (Å²) < 4.78 is 1.87. The zero-order chi connectivity index (χ0) is 17.4. The molecule has 0 saturated heterocycles. The van der Waals surface area contributed by atoms with E-state index in [9.17, 15) is 4.79 Å². The predicted octanol–water partition coefficient (Wildman–Crippen LogP) is 4.85. The lowest BCUT2D eigenvalue weighted by Crippen LogP contribution is -2.07. The Hall–Kier alpha value is -3.20. The number of aryl methyl sites for hydroxylation is 2. The zero-order valence-corrected chi connectivity index (χ0v) is 14.2. The van der Waals surface area contributed by atoms with E-state index in [1.54, 1.807) is 0 Å². The monoisotopic (exact) mass is 326 g/mol. The highest BCUT2D eigenvalue weighted by molar-refractivity contribution is 6.12. The van der Waals surface area contributed by atoms with Crippen molar-refractivity contribution in [2.24, 2.45) is 0 Å². The van der Waals surface area contributed by atoms with Crippen molar-refractivity contribution in [2.75, 3.05) is 0 Å². The van der Waals surface area contributed by atoms with Crippen LogP contribution in [0.4, 0.5) is 0 Å². The third-order valence-electron chi connectivity index (χ3n) is 4.38. The summed E-state index contributed by atoms with van der Waals surface area (Å²) in [5, 5.41) is 0. The SMILES string of the molecule is Cc1ccc(C(=O)c2c(-c3ccc(C)cc3)nc3ccccn23)cc1. The normalized spacial score (nSPS) is 11.0. The largest absolute Gasteiger partial charge is 0.296 e. The van der Waals surface area contributed by atoms with Gasteiger partial charge >= 0.3 is 0 Å². The smallest absolute Gasteiger partial charge is 0.212 e. The van der Waals surface area contributed by atoms with Crippen LogP contribution < -0.4 is 0 Å². The van der Waals surface area contributed by atoms with Crippen LogP contribution in [0.25, 0.3) is 16.9 Å². The highest BCUT2D eigenvalue weighted by Gasteiger charge is 2.21. The summed E-state index contributed by atoms with van der Waals surface area (Å²) in [6.45, 7) is 4.06. The Labute approximate surface area is 146 Å². The molecule has 4 aromatic rings. The molecular formula is C22H18N2O. The summed E-state index contributed by atoms with van der Waals surface area (Å²) in [6, 6.07) is 21.6. The minimum absolute atomic E-state index is 0.0192. The Morgan fingerprint density at radius 1 is 0.840 bits per heavy atom. The number of ketones is 1. The average molecular weight is 326 g/mol. The van der Waals surface area contributed by atoms with Gasteiger partial charge in [0, 0.05) is 17.3 Å². The molecule has 4 rings (SSSR count). The molecule has 0 aliphatic carbocycles. The van der Waals surface area contributed by atoms with Crippen LogP contribution in [0.1, 0.15) is 27.2 Å². The Bertz CT molecular complexity index is 1060. The van der Waals surface area contributed by atoms with Gasteiger partial charge in [0.2, 0.25) is 5.78 Å². The average Bonchev–Trinajstić information content (AvgIpc) is 3.02. The Morgan fingerprint density at radius 3 is 2.16 bits per heavy atom. The number of imidazole rings is 1. The summed E-state index contributed by atoms with van der Waals surface area (Å²) in [4.78, 5) is 18.0. The molecule has 0 fully saturated rings. The van der Waals surface area contributed by atoms with Crippen LogP contribution in [0, 0.1) is 13.8 Å². The quantitative estimate of drug-likeness (QED) is 0.504. The van der Waals surface area contributed by atoms with Crippen LogP contribution in [0.3, 0.4) is 0 Å². The standard InChI is InChI=1S/C22H18N2O/c1-15-6-10-17(11-7-15)20-21(24-14-4-3-5-19(24)23-20)22(25)18-12-8-16(2)9-13-18/h3-14H,1-2H3. The van der Waals surface area contributed by atoms with Crippen molar-refractivity contribution in [1.82, 2.24) is 9.38 Å². The Kier molecular flexibility index (Phi) is 3.69. The molecule has 0 aliphatic heterocycles. The summed E-state index contributed by atoms with van der Waals surface area (Å²) >= 11 is 0. The molecule has 0 amide bonds. The Balaban J connectivity index is 1.94. The minimum Gasteiger partial charge on any atom is -0.296 e. The molecular weight excluding hydrogens is 308 g/mol. The van der Waals surface area contributed by atoms with Gasteiger partial charge in [-0.15, -0.1) is 0 Å². The van der Waals surface area contributed by atoms with Crippen molar-refractivity contribution >= 4 is 11.4 Å². The first-order valence-corrected chi connectivity index (χ1v) is 8.29. The highest BCUT2D eigenvalue weighted by Crippen LogP contribution is 2.27. The third-order valence-corrected chi connectivity index (χ3v) is 4.38. The summed E-state index contributed by atoms with van der Waals surface area (Å²) in [7, 11) is 0. The van der Waals surface area contributed by atoms with Crippen LogP contribution in [-0.2, 0) is 0 Å². The number of carbonyl (C=O) groups is 1. The molecule has 2 heterocycles. The molecule has 122 valence electrons. The van der Waals surface area contributed by atoms with Crippen LogP contribution in [0.2, 0.25) is 0 Å².